The minimum absolute atomic E-state index is 0.332. The van der Waals surface area contributed by atoms with Gasteiger partial charge in [0.1, 0.15) is 0 Å². The summed E-state index contributed by atoms with van der Waals surface area (Å²) in [5.74, 6) is -1.04. The van der Waals surface area contributed by atoms with Crippen LogP contribution in [0.5, 0.6) is 0 Å². The van der Waals surface area contributed by atoms with Gasteiger partial charge in [0.2, 0.25) is 0 Å². The maximum Gasteiger partial charge on any atom is 0.394 e. The number of carboxylic acid groups (broad SMARTS) is 1. The Hall–Kier alpha value is -1.39. The maximum absolute atomic E-state index is 10.3. The molecule has 0 radical (unpaired) electrons. The fraction of sp³-hybridized carbons (Fsp3) is 0.571. The standard InChI is InChI=1S/C7H10N2O3/c1-2-3-4-5-8-6(7(10)11)12-9-5/h2-4H2,1H3,(H,10,11). The van der Waals surface area contributed by atoms with Crippen molar-refractivity contribution < 1.29 is 14.4 Å². The molecule has 1 heterocycles. The van der Waals surface area contributed by atoms with Crippen LogP contribution >= 0.6 is 0 Å². The summed E-state index contributed by atoms with van der Waals surface area (Å²) in [4.78, 5) is 14.0. The number of hydrogen-bond acceptors (Lipinski definition) is 4. The van der Waals surface area contributed by atoms with Crippen molar-refractivity contribution >= 4 is 5.97 Å². The Balaban J connectivity index is 2.58. The van der Waals surface area contributed by atoms with Crippen LogP contribution in [0.15, 0.2) is 4.52 Å². The number of aromatic carboxylic acids is 1. The van der Waals surface area contributed by atoms with E-state index in [9.17, 15) is 4.79 Å². The Morgan fingerprint density at radius 2 is 2.42 bits per heavy atom. The molecule has 1 aromatic heterocycles. The Labute approximate surface area is 69.4 Å². The SMILES string of the molecule is CCCCc1noc(C(=O)O)n1. The summed E-state index contributed by atoms with van der Waals surface area (Å²) in [5, 5.41) is 11.9. The summed E-state index contributed by atoms with van der Waals surface area (Å²) >= 11 is 0. The zero-order chi connectivity index (χ0) is 8.97. The topological polar surface area (TPSA) is 76.2 Å². The number of rotatable bonds is 4. The first-order chi connectivity index (χ1) is 5.74. The van der Waals surface area contributed by atoms with Gasteiger partial charge in [-0.05, 0) is 6.42 Å². The summed E-state index contributed by atoms with van der Waals surface area (Å²) in [5.41, 5.74) is 0. The van der Waals surface area contributed by atoms with Crippen LogP contribution in [0.4, 0.5) is 0 Å². The van der Waals surface area contributed by atoms with Crippen molar-refractivity contribution in [3.8, 4) is 0 Å². The number of carboxylic acids is 1. The first kappa shape index (κ1) is 8.70. The first-order valence-electron chi connectivity index (χ1n) is 3.80. The van der Waals surface area contributed by atoms with Gasteiger partial charge in [0.25, 0.3) is 0 Å². The molecule has 0 saturated heterocycles. The zero-order valence-electron chi connectivity index (χ0n) is 6.78. The van der Waals surface area contributed by atoms with Crippen molar-refractivity contribution in [1.82, 2.24) is 10.1 Å². The van der Waals surface area contributed by atoms with Crippen molar-refractivity contribution in [1.29, 1.82) is 0 Å². The quantitative estimate of drug-likeness (QED) is 0.732. The minimum Gasteiger partial charge on any atom is -0.474 e. The number of nitrogens with zero attached hydrogens (tertiary/aromatic N) is 2. The third-order valence-electron chi connectivity index (χ3n) is 1.40. The van der Waals surface area contributed by atoms with Crippen molar-refractivity contribution in [3.05, 3.63) is 11.7 Å². The van der Waals surface area contributed by atoms with Crippen LogP contribution in [0.3, 0.4) is 0 Å². The van der Waals surface area contributed by atoms with E-state index in [2.05, 4.69) is 14.7 Å². The summed E-state index contributed by atoms with van der Waals surface area (Å²) < 4.78 is 4.46. The highest BCUT2D eigenvalue weighted by Crippen LogP contribution is 2.01. The van der Waals surface area contributed by atoms with Gasteiger partial charge < -0.3 is 9.63 Å². The predicted molar refractivity (Wildman–Crippen MR) is 39.9 cm³/mol. The molecule has 0 saturated carbocycles. The number of aromatic nitrogens is 2. The van der Waals surface area contributed by atoms with Crippen molar-refractivity contribution in [2.75, 3.05) is 0 Å². The second-order valence-corrected chi connectivity index (χ2v) is 2.42. The fourth-order valence-corrected chi connectivity index (χ4v) is 0.777. The molecule has 1 N–H and O–H groups in total. The van der Waals surface area contributed by atoms with Crippen LogP contribution in [0, 0.1) is 0 Å². The summed E-state index contributed by atoms with van der Waals surface area (Å²) in [6, 6.07) is 0. The van der Waals surface area contributed by atoms with E-state index < -0.39 is 5.97 Å². The van der Waals surface area contributed by atoms with Crippen LogP contribution in [-0.2, 0) is 6.42 Å². The molecule has 1 aromatic rings. The molecule has 5 heteroatoms. The second-order valence-electron chi connectivity index (χ2n) is 2.42. The number of carbonyl (C=O) groups is 1. The van der Waals surface area contributed by atoms with Crippen LogP contribution in [-0.4, -0.2) is 21.2 Å². The van der Waals surface area contributed by atoms with E-state index in [0.29, 0.717) is 12.2 Å². The molecule has 0 fully saturated rings. The molecule has 0 amide bonds. The Morgan fingerprint density at radius 3 is 2.92 bits per heavy atom. The van der Waals surface area contributed by atoms with Gasteiger partial charge in [0.15, 0.2) is 5.82 Å². The Kier molecular flexibility index (Phi) is 2.79. The normalized spacial score (nSPS) is 10.1. The molecule has 0 bridgehead atoms. The lowest BCUT2D eigenvalue weighted by molar-refractivity contribution is 0.0643. The molecule has 12 heavy (non-hydrogen) atoms. The molecular weight excluding hydrogens is 160 g/mol. The Morgan fingerprint density at radius 1 is 1.67 bits per heavy atom. The van der Waals surface area contributed by atoms with Gasteiger partial charge >= 0.3 is 11.9 Å². The molecule has 0 aliphatic rings. The largest absolute Gasteiger partial charge is 0.474 e. The van der Waals surface area contributed by atoms with Gasteiger partial charge in [-0.3, -0.25) is 0 Å². The molecular formula is C7H10N2O3. The highest BCUT2D eigenvalue weighted by Gasteiger charge is 2.12. The highest BCUT2D eigenvalue weighted by atomic mass is 16.5. The number of aryl methyl sites for hydroxylation is 1. The van der Waals surface area contributed by atoms with E-state index >= 15 is 0 Å². The average molecular weight is 170 g/mol. The van der Waals surface area contributed by atoms with E-state index in [-0.39, 0.29) is 5.89 Å². The molecule has 66 valence electrons. The summed E-state index contributed by atoms with van der Waals surface area (Å²) in [6.07, 6.45) is 2.64. The lowest BCUT2D eigenvalue weighted by Gasteiger charge is -1.87. The molecule has 1 rings (SSSR count). The summed E-state index contributed by atoms with van der Waals surface area (Å²) in [7, 11) is 0. The molecule has 0 aliphatic heterocycles. The molecule has 0 aromatic carbocycles. The lowest BCUT2D eigenvalue weighted by atomic mass is 10.2. The number of unbranched alkanes of at least 4 members (excludes halogenated alkanes) is 1. The number of hydrogen-bond donors (Lipinski definition) is 1. The molecule has 5 nitrogen and oxygen atoms in total. The van der Waals surface area contributed by atoms with Gasteiger partial charge in [-0.15, -0.1) is 0 Å². The van der Waals surface area contributed by atoms with Gasteiger partial charge in [-0.25, -0.2) is 4.79 Å². The first-order valence-corrected chi connectivity index (χ1v) is 3.80. The lowest BCUT2D eigenvalue weighted by Crippen LogP contribution is -1.96. The van der Waals surface area contributed by atoms with Crippen LogP contribution in [0.25, 0.3) is 0 Å². The van der Waals surface area contributed by atoms with Crippen molar-refractivity contribution in [2.45, 2.75) is 26.2 Å². The smallest absolute Gasteiger partial charge is 0.394 e. The molecule has 0 atom stereocenters. The molecule has 0 spiro atoms. The van der Waals surface area contributed by atoms with E-state index in [1.165, 1.54) is 0 Å². The van der Waals surface area contributed by atoms with E-state index in [0.717, 1.165) is 12.8 Å². The van der Waals surface area contributed by atoms with Gasteiger partial charge in [0.05, 0.1) is 0 Å². The van der Waals surface area contributed by atoms with Crippen molar-refractivity contribution in [2.24, 2.45) is 0 Å². The fourth-order valence-electron chi connectivity index (χ4n) is 0.777. The third-order valence-corrected chi connectivity index (χ3v) is 1.40. The summed E-state index contributed by atoms with van der Waals surface area (Å²) in [6.45, 7) is 2.04. The average Bonchev–Trinajstić information content (AvgIpc) is 2.48. The van der Waals surface area contributed by atoms with Gasteiger partial charge in [-0.2, -0.15) is 4.98 Å². The van der Waals surface area contributed by atoms with E-state index in [4.69, 9.17) is 5.11 Å². The van der Waals surface area contributed by atoms with Crippen LogP contribution in [0.2, 0.25) is 0 Å². The monoisotopic (exact) mass is 170 g/mol. The van der Waals surface area contributed by atoms with Gasteiger partial charge in [0, 0.05) is 6.42 Å². The second kappa shape index (κ2) is 3.85. The highest BCUT2D eigenvalue weighted by molar-refractivity contribution is 5.81. The third kappa shape index (κ3) is 2.05. The van der Waals surface area contributed by atoms with E-state index in [1.54, 1.807) is 0 Å². The molecule has 0 aliphatic carbocycles. The molecule has 0 unspecified atom stereocenters. The predicted octanol–water partition coefficient (Wildman–Crippen LogP) is 1.11. The van der Waals surface area contributed by atoms with Crippen LogP contribution < -0.4 is 0 Å². The van der Waals surface area contributed by atoms with Crippen molar-refractivity contribution in [3.63, 3.8) is 0 Å². The zero-order valence-corrected chi connectivity index (χ0v) is 6.78. The Bertz CT molecular complexity index is 269. The van der Waals surface area contributed by atoms with E-state index in [1.807, 2.05) is 6.92 Å². The van der Waals surface area contributed by atoms with Crippen LogP contribution in [0.1, 0.15) is 36.3 Å². The minimum atomic E-state index is -1.18. The maximum atomic E-state index is 10.3. The van der Waals surface area contributed by atoms with Gasteiger partial charge in [-0.1, -0.05) is 18.5 Å².